The van der Waals surface area contributed by atoms with Crippen molar-refractivity contribution >= 4 is 27.5 Å². The fourth-order valence-electron chi connectivity index (χ4n) is 2.84. The topological polar surface area (TPSA) is 41.1 Å². The predicted molar refractivity (Wildman–Crippen MR) is 82.1 cm³/mol. The van der Waals surface area contributed by atoms with Gasteiger partial charge in [-0.1, -0.05) is 13.3 Å². The molecule has 1 aromatic rings. The number of anilines is 1. The molecule has 1 amide bonds. The molecule has 0 aromatic heterocycles. The molecule has 1 atom stereocenters. The molecule has 1 aromatic carbocycles. The summed E-state index contributed by atoms with van der Waals surface area (Å²) in [5.41, 5.74) is -0.505. The summed E-state index contributed by atoms with van der Waals surface area (Å²) in [6.07, 6.45) is 3.33. The van der Waals surface area contributed by atoms with Gasteiger partial charge in [0.05, 0.1) is 15.6 Å². The van der Waals surface area contributed by atoms with E-state index < -0.39 is 17.0 Å². The number of piperidine rings is 1. The molecule has 0 aliphatic carbocycles. The largest absolute Gasteiger partial charge is 0.323 e. The second-order valence-corrected chi connectivity index (χ2v) is 6.37. The number of carbonyl (C=O) groups excluding carboxylic acids is 1. The van der Waals surface area contributed by atoms with Crippen LogP contribution in [0.5, 0.6) is 0 Å². The van der Waals surface area contributed by atoms with Crippen molar-refractivity contribution < 1.29 is 13.6 Å². The molecular formula is C15H19BrF2N2O. The van der Waals surface area contributed by atoms with Crippen LogP contribution >= 0.6 is 15.9 Å². The van der Waals surface area contributed by atoms with Crippen molar-refractivity contribution in [3.63, 3.8) is 0 Å². The zero-order chi connectivity index (χ0) is 15.5. The SMILES string of the molecule is CCCC1(C(=O)Nc2cc(Br)c(F)cc2F)CCCNC1. The molecule has 1 saturated heterocycles. The van der Waals surface area contributed by atoms with Crippen molar-refractivity contribution in [1.29, 1.82) is 0 Å². The maximum absolute atomic E-state index is 13.8. The number of amides is 1. The number of hydrogen-bond acceptors (Lipinski definition) is 2. The number of hydrogen-bond donors (Lipinski definition) is 2. The molecule has 1 aliphatic heterocycles. The molecule has 0 bridgehead atoms. The Hall–Kier alpha value is -1.01. The van der Waals surface area contributed by atoms with Crippen LogP contribution in [0.2, 0.25) is 0 Å². The van der Waals surface area contributed by atoms with Crippen molar-refractivity contribution in [2.75, 3.05) is 18.4 Å². The van der Waals surface area contributed by atoms with Gasteiger partial charge < -0.3 is 10.6 Å². The van der Waals surface area contributed by atoms with Gasteiger partial charge in [-0.25, -0.2) is 8.78 Å². The molecular weight excluding hydrogens is 342 g/mol. The van der Waals surface area contributed by atoms with Gasteiger partial charge in [-0.2, -0.15) is 0 Å². The second kappa shape index (κ2) is 6.83. The van der Waals surface area contributed by atoms with Crippen LogP contribution in [0, 0.1) is 17.0 Å². The number of benzene rings is 1. The fourth-order valence-corrected chi connectivity index (χ4v) is 3.18. The van der Waals surface area contributed by atoms with E-state index >= 15 is 0 Å². The molecule has 0 spiro atoms. The first-order chi connectivity index (χ1) is 9.98. The second-order valence-electron chi connectivity index (χ2n) is 5.51. The first-order valence-corrected chi connectivity index (χ1v) is 7.94. The number of halogens is 3. The molecule has 6 heteroatoms. The highest BCUT2D eigenvalue weighted by Gasteiger charge is 2.38. The van der Waals surface area contributed by atoms with E-state index in [-0.39, 0.29) is 16.1 Å². The Morgan fingerprint density at radius 3 is 2.81 bits per heavy atom. The molecule has 1 aliphatic rings. The minimum Gasteiger partial charge on any atom is -0.323 e. The maximum atomic E-state index is 13.8. The molecule has 1 unspecified atom stereocenters. The highest BCUT2D eigenvalue weighted by atomic mass is 79.9. The van der Waals surface area contributed by atoms with Gasteiger partial charge >= 0.3 is 0 Å². The number of nitrogens with one attached hydrogen (secondary N) is 2. The van der Waals surface area contributed by atoms with Crippen molar-refractivity contribution in [1.82, 2.24) is 5.32 Å². The molecule has 2 rings (SSSR count). The van der Waals surface area contributed by atoms with Gasteiger partial charge in [0.1, 0.15) is 11.6 Å². The zero-order valence-electron chi connectivity index (χ0n) is 11.9. The molecule has 0 radical (unpaired) electrons. The smallest absolute Gasteiger partial charge is 0.231 e. The van der Waals surface area contributed by atoms with Crippen LogP contribution in [0.3, 0.4) is 0 Å². The Balaban J connectivity index is 2.21. The van der Waals surface area contributed by atoms with Crippen molar-refractivity contribution in [3.05, 3.63) is 28.2 Å². The Labute approximate surface area is 131 Å². The first-order valence-electron chi connectivity index (χ1n) is 7.15. The summed E-state index contributed by atoms with van der Waals surface area (Å²) in [4.78, 5) is 12.6. The monoisotopic (exact) mass is 360 g/mol. The maximum Gasteiger partial charge on any atom is 0.231 e. The van der Waals surface area contributed by atoms with Gasteiger partial charge in [-0.15, -0.1) is 0 Å². The van der Waals surface area contributed by atoms with Gasteiger partial charge in [0.2, 0.25) is 5.91 Å². The van der Waals surface area contributed by atoms with Crippen LogP contribution in [-0.2, 0) is 4.79 Å². The third-order valence-corrected chi connectivity index (χ3v) is 4.55. The minimum absolute atomic E-state index is 0.00864. The average molecular weight is 361 g/mol. The minimum atomic E-state index is -0.764. The van der Waals surface area contributed by atoms with E-state index in [1.165, 1.54) is 6.07 Å². The van der Waals surface area contributed by atoms with Crippen LogP contribution in [0.1, 0.15) is 32.6 Å². The highest BCUT2D eigenvalue weighted by molar-refractivity contribution is 9.10. The Morgan fingerprint density at radius 1 is 1.43 bits per heavy atom. The Morgan fingerprint density at radius 2 is 2.19 bits per heavy atom. The lowest BCUT2D eigenvalue weighted by Gasteiger charge is -2.36. The quantitative estimate of drug-likeness (QED) is 0.801. The third kappa shape index (κ3) is 3.61. The van der Waals surface area contributed by atoms with Gasteiger partial charge in [0, 0.05) is 12.6 Å². The van der Waals surface area contributed by atoms with Crippen molar-refractivity contribution in [2.24, 2.45) is 5.41 Å². The predicted octanol–water partition coefficient (Wildman–Crippen LogP) is 3.84. The van der Waals surface area contributed by atoms with Crippen LogP contribution in [0.4, 0.5) is 14.5 Å². The van der Waals surface area contributed by atoms with Gasteiger partial charge in [-0.3, -0.25) is 4.79 Å². The summed E-state index contributed by atoms with van der Waals surface area (Å²) >= 11 is 3.01. The summed E-state index contributed by atoms with van der Waals surface area (Å²) in [5.74, 6) is -1.65. The summed E-state index contributed by atoms with van der Waals surface area (Å²) in [6.45, 7) is 3.52. The van der Waals surface area contributed by atoms with Gasteiger partial charge in [0.15, 0.2) is 0 Å². The molecule has 1 fully saturated rings. The molecule has 116 valence electrons. The average Bonchev–Trinajstić information content (AvgIpc) is 2.46. The summed E-state index contributed by atoms with van der Waals surface area (Å²) < 4.78 is 27.1. The van der Waals surface area contributed by atoms with E-state index in [9.17, 15) is 13.6 Å². The lowest BCUT2D eigenvalue weighted by molar-refractivity contribution is -0.127. The number of rotatable bonds is 4. The molecule has 1 heterocycles. The van der Waals surface area contributed by atoms with E-state index in [0.29, 0.717) is 6.54 Å². The van der Waals surface area contributed by atoms with E-state index in [0.717, 1.165) is 38.3 Å². The van der Waals surface area contributed by atoms with Crippen LogP contribution in [-0.4, -0.2) is 19.0 Å². The van der Waals surface area contributed by atoms with E-state index in [4.69, 9.17) is 0 Å². The lowest BCUT2D eigenvalue weighted by atomic mass is 9.76. The first kappa shape index (κ1) is 16.4. The van der Waals surface area contributed by atoms with E-state index in [1.54, 1.807) is 0 Å². The van der Waals surface area contributed by atoms with E-state index in [1.807, 2.05) is 6.92 Å². The molecule has 0 saturated carbocycles. The summed E-state index contributed by atoms with van der Waals surface area (Å²) in [7, 11) is 0. The van der Waals surface area contributed by atoms with Gasteiger partial charge in [-0.05, 0) is 47.8 Å². The number of carbonyl (C=O) groups is 1. The third-order valence-electron chi connectivity index (χ3n) is 3.94. The fraction of sp³-hybridized carbons (Fsp3) is 0.533. The van der Waals surface area contributed by atoms with Crippen LogP contribution in [0.15, 0.2) is 16.6 Å². The summed E-state index contributed by atoms with van der Waals surface area (Å²) in [6, 6.07) is 2.03. The van der Waals surface area contributed by atoms with Crippen LogP contribution < -0.4 is 10.6 Å². The molecule has 21 heavy (non-hydrogen) atoms. The Kier molecular flexibility index (Phi) is 5.32. The standard InChI is InChI=1S/C15H19BrF2N2O/c1-2-4-15(5-3-6-19-9-15)14(21)20-13-7-10(16)11(17)8-12(13)18/h7-8,19H,2-6,9H2,1H3,(H,20,21). The van der Waals surface area contributed by atoms with E-state index in [2.05, 4.69) is 26.6 Å². The molecule has 3 nitrogen and oxygen atoms in total. The van der Waals surface area contributed by atoms with Gasteiger partial charge in [0.25, 0.3) is 0 Å². The van der Waals surface area contributed by atoms with Crippen molar-refractivity contribution in [2.45, 2.75) is 32.6 Å². The van der Waals surface area contributed by atoms with Crippen molar-refractivity contribution in [3.8, 4) is 0 Å². The summed E-state index contributed by atoms with van der Waals surface area (Å²) in [5, 5.41) is 5.86. The lowest BCUT2D eigenvalue weighted by Crippen LogP contribution is -2.48. The highest BCUT2D eigenvalue weighted by Crippen LogP contribution is 2.34. The van der Waals surface area contributed by atoms with Crippen LogP contribution in [0.25, 0.3) is 0 Å². The normalized spacial score (nSPS) is 22.1. The molecule has 2 N–H and O–H groups in total. The zero-order valence-corrected chi connectivity index (χ0v) is 13.5. The Bertz CT molecular complexity index is 525.